The minimum absolute atomic E-state index is 0.00803. The zero-order chi connectivity index (χ0) is 9.14. The molecule has 0 aliphatic rings. The summed E-state index contributed by atoms with van der Waals surface area (Å²) in [6.07, 6.45) is 0. The molecule has 12 heavy (non-hydrogen) atoms. The predicted molar refractivity (Wildman–Crippen MR) is 55.9 cm³/mol. The van der Waals surface area contributed by atoms with Crippen LogP contribution in [0.4, 0.5) is 0 Å². The first-order valence-electron chi connectivity index (χ1n) is 3.12. The number of carbonyl (C=O) groups is 1. The van der Waals surface area contributed by atoms with Crippen molar-refractivity contribution in [3.05, 3.63) is 19.2 Å². The van der Waals surface area contributed by atoms with Gasteiger partial charge in [0.1, 0.15) is 6.61 Å². The van der Waals surface area contributed by atoms with Gasteiger partial charge in [-0.3, -0.25) is 4.79 Å². The number of carbonyl (C=O) groups excluding carboxylic acids is 1. The Morgan fingerprint density at radius 3 is 2.75 bits per heavy atom. The minimum atomic E-state index is -0.00803. The summed E-state index contributed by atoms with van der Waals surface area (Å²) in [4.78, 5) is 11.3. The monoisotopic (exact) mass is 312 g/mol. The third-order valence-electron chi connectivity index (χ3n) is 1.23. The molecule has 0 radical (unpaired) electrons. The van der Waals surface area contributed by atoms with Crippen molar-refractivity contribution < 1.29 is 9.53 Å². The van der Waals surface area contributed by atoms with Crippen LogP contribution in [0.1, 0.15) is 10.4 Å². The molecule has 0 unspecified atom stereocenters. The molecular formula is C7H6Br2O2S. The first kappa shape index (κ1) is 10.4. The third kappa shape index (κ3) is 2.39. The first-order chi connectivity index (χ1) is 5.65. The Morgan fingerprint density at radius 2 is 2.33 bits per heavy atom. The van der Waals surface area contributed by atoms with E-state index in [9.17, 15) is 4.79 Å². The summed E-state index contributed by atoms with van der Waals surface area (Å²) in [5.41, 5.74) is 0.675. The molecule has 0 amide bonds. The highest BCUT2D eigenvalue weighted by molar-refractivity contribution is 9.12. The van der Waals surface area contributed by atoms with Gasteiger partial charge in [0.05, 0.1) is 7.57 Å². The van der Waals surface area contributed by atoms with Crippen LogP contribution < -0.4 is 0 Å². The van der Waals surface area contributed by atoms with E-state index < -0.39 is 0 Å². The molecule has 1 heterocycles. The van der Waals surface area contributed by atoms with Crippen molar-refractivity contribution in [1.29, 1.82) is 0 Å². The fourth-order valence-electron chi connectivity index (χ4n) is 0.739. The smallest absolute Gasteiger partial charge is 0.190 e. The lowest BCUT2D eigenvalue weighted by molar-refractivity contribution is 0.0848. The number of hydrogen-bond acceptors (Lipinski definition) is 3. The summed E-state index contributed by atoms with van der Waals surface area (Å²) in [5, 5.41) is 0. The van der Waals surface area contributed by atoms with Crippen LogP contribution in [-0.4, -0.2) is 19.5 Å². The minimum Gasteiger partial charge on any atom is -0.377 e. The van der Waals surface area contributed by atoms with Crippen molar-refractivity contribution in [2.75, 3.05) is 13.7 Å². The van der Waals surface area contributed by atoms with E-state index in [0.29, 0.717) is 5.56 Å². The molecule has 0 fully saturated rings. The number of hydrogen-bond donors (Lipinski definition) is 0. The van der Waals surface area contributed by atoms with Gasteiger partial charge in [-0.25, -0.2) is 0 Å². The van der Waals surface area contributed by atoms with Gasteiger partial charge in [0, 0.05) is 12.7 Å². The summed E-state index contributed by atoms with van der Waals surface area (Å²) < 4.78 is 6.52. The van der Waals surface area contributed by atoms with Crippen LogP contribution in [0.5, 0.6) is 0 Å². The van der Waals surface area contributed by atoms with Crippen LogP contribution in [0.25, 0.3) is 0 Å². The maximum atomic E-state index is 11.3. The number of thiophene rings is 1. The van der Waals surface area contributed by atoms with Crippen molar-refractivity contribution in [2.45, 2.75) is 0 Å². The summed E-state index contributed by atoms with van der Waals surface area (Å²) in [6.45, 7) is 0.127. The fraction of sp³-hybridized carbons (Fsp3) is 0.286. The van der Waals surface area contributed by atoms with E-state index in [-0.39, 0.29) is 12.4 Å². The maximum Gasteiger partial charge on any atom is 0.190 e. The highest BCUT2D eigenvalue weighted by Gasteiger charge is 2.12. The molecule has 0 saturated carbocycles. The first-order valence-corrected chi connectivity index (χ1v) is 5.52. The molecule has 2 nitrogen and oxygen atoms in total. The SMILES string of the molecule is COCC(=O)c1cc(Br)sc1Br. The van der Waals surface area contributed by atoms with E-state index in [1.165, 1.54) is 18.4 Å². The summed E-state index contributed by atoms with van der Waals surface area (Å²) in [5.74, 6) is -0.00803. The Bertz CT molecular complexity index is 296. The molecule has 5 heteroatoms. The highest BCUT2D eigenvalue weighted by atomic mass is 79.9. The Balaban J connectivity index is 2.87. The Hall–Kier alpha value is 0.290. The molecule has 1 rings (SSSR count). The second-order valence-corrected chi connectivity index (χ2v) is 5.84. The number of Topliss-reactive ketones (excluding diaryl/α,β-unsaturated/α-hetero) is 1. The summed E-state index contributed by atoms with van der Waals surface area (Å²) in [7, 11) is 1.51. The van der Waals surface area contributed by atoms with Gasteiger partial charge in [0.25, 0.3) is 0 Å². The predicted octanol–water partition coefficient (Wildman–Crippen LogP) is 3.10. The lowest BCUT2D eigenvalue weighted by atomic mass is 10.2. The lowest BCUT2D eigenvalue weighted by Crippen LogP contribution is -2.05. The molecule has 0 spiro atoms. The molecule has 0 bridgehead atoms. The van der Waals surface area contributed by atoms with Gasteiger partial charge in [-0.1, -0.05) is 0 Å². The molecule has 1 aromatic heterocycles. The quantitative estimate of drug-likeness (QED) is 0.802. The number of ketones is 1. The molecule has 0 aliphatic heterocycles. The van der Waals surface area contributed by atoms with Crippen molar-refractivity contribution in [2.24, 2.45) is 0 Å². The number of halogens is 2. The topological polar surface area (TPSA) is 26.3 Å². The number of rotatable bonds is 3. The van der Waals surface area contributed by atoms with E-state index in [1.54, 1.807) is 6.07 Å². The van der Waals surface area contributed by atoms with Gasteiger partial charge in [0.2, 0.25) is 0 Å². The number of methoxy groups -OCH3 is 1. The van der Waals surface area contributed by atoms with Crippen LogP contribution in [0.3, 0.4) is 0 Å². The van der Waals surface area contributed by atoms with Gasteiger partial charge < -0.3 is 4.74 Å². The second kappa shape index (κ2) is 4.50. The van der Waals surface area contributed by atoms with Crippen molar-refractivity contribution in [1.82, 2.24) is 0 Å². The van der Waals surface area contributed by atoms with E-state index >= 15 is 0 Å². The average Bonchev–Trinajstić information content (AvgIpc) is 2.30. The summed E-state index contributed by atoms with van der Waals surface area (Å²) in [6, 6.07) is 1.79. The largest absolute Gasteiger partial charge is 0.377 e. The number of ether oxygens (including phenoxy) is 1. The van der Waals surface area contributed by atoms with Crippen LogP contribution in [-0.2, 0) is 4.74 Å². The molecule has 0 saturated heterocycles. The van der Waals surface area contributed by atoms with Gasteiger partial charge in [-0.05, 0) is 37.9 Å². The molecule has 66 valence electrons. The Kier molecular flexibility index (Phi) is 3.89. The van der Waals surface area contributed by atoms with Gasteiger partial charge in [0.15, 0.2) is 5.78 Å². The Morgan fingerprint density at radius 1 is 1.67 bits per heavy atom. The molecule has 0 aromatic carbocycles. The third-order valence-corrected chi connectivity index (χ3v) is 3.57. The normalized spacial score (nSPS) is 10.2. The average molecular weight is 314 g/mol. The molecule has 1 aromatic rings. The van der Waals surface area contributed by atoms with Gasteiger partial charge >= 0.3 is 0 Å². The van der Waals surface area contributed by atoms with Crippen molar-refractivity contribution >= 4 is 49.0 Å². The van der Waals surface area contributed by atoms with Gasteiger partial charge in [-0.15, -0.1) is 11.3 Å². The van der Waals surface area contributed by atoms with E-state index in [0.717, 1.165) is 7.57 Å². The van der Waals surface area contributed by atoms with Crippen molar-refractivity contribution in [3.63, 3.8) is 0 Å². The van der Waals surface area contributed by atoms with Crippen LogP contribution in [0.15, 0.2) is 13.6 Å². The van der Waals surface area contributed by atoms with E-state index in [1.807, 2.05) is 0 Å². The fourth-order valence-corrected chi connectivity index (χ4v) is 3.59. The molecule has 0 N–H and O–H groups in total. The zero-order valence-electron chi connectivity index (χ0n) is 6.27. The van der Waals surface area contributed by atoms with Crippen LogP contribution >= 0.6 is 43.2 Å². The van der Waals surface area contributed by atoms with Gasteiger partial charge in [-0.2, -0.15) is 0 Å². The molecular weight excluding hydrogens is 308 g/mol. The van der Waals surface area contributed by atoms with E-state index in [2.05, 4.69) is 31.9 Å². The zero-order valence-corrected chi connectivity index (χ0v) is 10.3. The van der Waals surface area contributed by atoms with Crippen molar-refractivity contribution in [3.8, 4) is 0 Å². The Labute approximate surface area is 91.2 Å². The van der Waals surface area contributed by atoms with Crippen LogP contribution in [0, 0.1) is 0 Å². The molecule has 0 aliphatic carbocycles. The summed E-state index contributed by atoms with van der Waals surface area (Å²) >= 11 is 8.08. The lowest BCUT2D eigenvalue weighted by Gasteiger charge is -1.95. The maximum absolute atomic E-state index is 11.3. The van der Waals surface area contributed by atoms with Crippen LogP contribution in [0.2, 0.25) is 0 Å². The highest BCUT2D eigenvalue weighted by Crippen LogP contribution is 2.31. The van der Waals surface area contributed by atoms with E-state index in [4.69, 9.17) is 4.74 Å². The second-order valence-electron chi connectivity index (χ2n) is 2.09. The standard InChI is InChI=1S/C7H6Br2O2S/c1-11-3-5(10)4-2-6(8)12-7(4)9/h2H,3H2,1H3. The molecule has 0 atom stereocenters.